The van der Waals surface area contributed by atoms with Gasteiger partial charge in [-0.15, -0.1) is 23.1 Å². The molecule has 0 atom stereocenters. The van der Waals surface area contributed by atoms with Gasteiger partial charge in [0, 0.05) is 28.4 Å². The van der Waals surface area contributed by atoms with Crippen LogP contribution in [0.2, 0.25) is 0 Å². The van der Waals surface area contributed by atoms with Gasteiger partial charge in [0.1, 0.15) is 0 Å². The zero-order valence-electron chi connectivity index (χ0n) is 15.8. The maximum atomic E-state index is 12.3. The molecule has 0 aliphatic heterocycles. The first kappa shape index (κ1) is 20.2. The van der Waals surface area contributed by atoms with E-state index in [-0.39, 0.29) is 11.8 Å². The Balaban J connectivity index is 1.45. The van der Waals surface area contributed by atoms with Crippen LogP contribution in [-0.4, -0.2) is 24.1 Å². The van der Waals surface area contributed by atoms with Crippen molar-refractivity contribution < 1.29 is 9.59 Å². The molecule has 2 aromatic carbocycles. The van der Waals surface area contributed by atoms with Gasteiger partial charge in [-0.2, -0.15) is 0 Å². The van der Waals surface area contributed by atoms with Crippen LogP contribution in [-0.2, 0) is 0 Å². The van der Waals surface area contributed by atoms with E-state index in [1.165, 1.54) is 27.4 Å². The zero-order chi connectivity index (χ0) is 19.9. The first-order valence-corrected chi connectivity index (χ1v) is 10.8. The van der Waals surface area contributed by atoms with Crippen molar-refractivity contribution in [2.24, 2.45) is 0 Å². The van der Waals surface area contributed by atoms with Gasteiger partial charge in [0.25, 0.3) is 11.8 Å². The van der Waals surface area contributed by atoms with Crippen molar-refractivity contribution >= 4 is 40.6 Å². The van der Waals surface area contributed by atoms with Gasteiger partial charge in [-0.05, 0) is 72.8 Å². The number of benzene rings is 2. The van der Waals surface area contributed by atoms with Gasteiger partial charge in [0.15, 0.2) is 0 Å². The Morgan fingerprint density at radius 3 is 2.43 bits per heavy atom. The molecule has 0 saturated carbocycles. The van der Waals surface area contributed by atoms with E-state index >= 15 is 0 Å². The number of carbonyl (C=O) groups is 2. The quantitative estimate of drug-likeness (QED) is 0.419. The van der Waals surface area contributed by atoms with Crippen LogP contribution < -0.4 is 10.6 Å². The van der Waals surface area contributed by atoms with Gasteiger partial charge in [-0.1, -0.05) is 12.1 Å². The number of anilines is 1. The van der Waals surface area contributed by atoms with Crippen molar-refractivity contribution in [3.63, 3.8) is 0 Å². The first-order valence-electron chi connectivity index (χ1n) is 8.96. The van der Waals surface area contributed by atoms with Crippen molar-refractivity contribution in [3.05, 3.63) is 81.5 Å². The molecule has 3 aromatic rings. The minimum absolute atomic E-state index is 0.114. The summed E-state index contributed by atoms with van der Waals surface area (Å²) >= 11 is 3.12. The minimum atomic E-state index is -0.143. The van der Waals surface area contributed by atoms with E-state index in [1.54, 1.807) is 42.1 Å². The predicted molar refractivity (Wildman–Crippen MR) is 118 cm³/mol. The molecule has 2 amide bonds. The first-order chi connectivity index (χ1) is 13.5. The standard InChI is InChI=1S/C22H22N2O2S2/c1-15-5-10-19(14-16(15)2)27-13-11-23-21(25)17-6-8-18(9-7-17)24-22(26)20-4-3-12-28-20/h3-10,12,14H,11,13H2,1-2H3,(H,23,25)(H,24,26). The van der Waals surface area contributed by atoms with Crippen LogP contribution in [0.1, 0.15) is 31.2 Å². The smallest absolute Gasteiger partial charge is 0.265 e. The van der Waals surface area contributed by atoms with Crippen molar-refractivity contribution in [2.45, 2.75) is 18.7 Å². The zero-order valence-corrected chi connectivity index (χ0v) is 17.5. The van der Waals surface area contributed by atoms with Gasteiger partial charge in [0.05, 0.1) is 4.88 Å². The van der Waals surface area contributed by atoms with Crippen LogP contribution in [0.5, 0.6) is 0 Å². The molecule has 4 nitrogen and oxygen atoms in total. The van der Waals surface area contributed by atoms with E-state index in [2.05, 4.69) is 42.7 Å². The summed E-state index contributed by atoms with van der Waals surface area (Å²) in [5, 5.41) is 7.62. The van der Waals surface area contributed by atoms with E-state index in [4.69, 9.17) is 0 Å². The van der Waals surface area contributed by atoms with E-state index < -0.39 is 0 Å². The molecule has 0 aliphatic rings. The topological polar surface area (TPSA) is 58.2 Å². The third-order valence-electron chi connectivity index (χ3n) is 4.28. The average molecular weight is 411 g/mol. The Bertz CT molecular complexity index is 951. The number of rotatable bonds is 7. The molecule has 28 heavy (non-hydrogen) atoms. The van der Waals surface area contributed by atoms with E-state index in [9.17, 15) is 9.59 Å². The summed E-state index contributed by atoms with van der Waals surface area (Å²) in [5.41, 5.74) is 3.80. The molecule has 0 saturated heterocycles. The van der Waals surface area contributed by atoms with Crippen molar-refractivity contribution in [1.29, 1.82) is 0 Å². The Labute approximate surface area is 173 Å². The molecule has 2 N–H and O–H groups in total. The summed E-state index contributed by atoms with van der Waals surface area (Å²) in [5.74, 6) is 0.552. The molecular weight excluding hydrogens is 388 g/mol. The molecular formula is C22H22N2O2S2. The van der Waals surface area contributed by atoms with Crippen LogP contribution in [0.25, 0.3) is 0 Å². The molecule has 0 spiro atoms. The second-order valence-corrected chi connectivity index (χ2v) is 8.48. The molecule has 6 heteroatoms. The monoisotopic (exact) mass is 410 g/mol. The Kier molecular flexibility index (Phi) is 6.90. The lowest BCUT2D eigenvalue weighted by atomic mass is 10.1. The largest absolute Gasteiger partial charge is 0.351 e. The maximum Gasteiger partial charge on any atom is 0.265 e. The van der Waals surface area contributed by atoms with Gasteiger partial charge in [0.2, 0.25) is 0 Å². The average Bonchev–Trinajstić information content (AvgIpc) is 3.23. The Morgan fingerprint density at radius 1 is 0.964 bits per heavy atom. The van der Waals surface area contributed by atoms with Gasteiger partial charge in [-0.3, -0.25) is 9.59 Å². The van der Waals surface area contributed by atoms with Crippen molar-refractivity contribution in [2.75, 3.05) is 17.6 Å². The lowest BCUT2D eigenvalue weighted by Crippen LogP contribution is -2.25. The highest BCUT2D eigenvalue weighted by Crippen LogP contribution is 2.20. The number of carbonyl (C=O) groups excluding carboxylic acids is 2. The fourth-order valence-corrected chi connectivity index (χ4v) is 4.03. The second-order valence-electron chi connectivity index (χ2n) is 6.36. The molecule has 144 valence electrons. The van der Waals surface area contributed by atoms with Crippen molar-refractivity contribution in [3.8, 4) is 0 Å². The van der Waals surface area contributed by atoms with E-state index in [0.29, 0.717) is 22.7 Å². The summed E-state index contributed by atoms with van der Waals surface area (Å²) in [4.78, 5) is 26.2. The maximum absolute atomic E-state index is 12.3. The molecule has 0 radical (unpaired) electrons. The van der Waals surface area contributed by atoms with Crippen LogP contribution in [0.4, 0.5) is 5.69 Å². The van der Waals surface area contributed by atoms with Crippen molar-refractivity contribution in [1.82, 2.24) is 5.32 Å². The lowest BCUT2D eigenvalue weighted by molar-refractivity contribution is 0.0955. The normalized spacial score (nSPS) is 10.5. The number of hydrogen-bond donors (Lipinski definition) is 2. The number of thiophene rings is 1. The number of hydrogen-bond acceptors (Lipinski definition) is 4. The van der Waals surface area contributed by atoms with Crippen LogP contribution in [0.3, 0.4) is 0 Å². The van der Waals surface area contributed by atoms with Crippen LogP contribution in [0.15, 0.2) is 64.9 Å². The van der Waals surface area contributed by atoms with E-state index in [0.717, 1.165) is 5.75 Å². The molecule has 1 heterocycles. The van der Waals surface area contributed by atoms with Gasteiger partial charge >= 0.3 is 0 Å². The van der Waals surface area contributed by atoms with E-state index in [1.807, 2.05) is 11.4 Å². The fourth-order valence-electron chi connectivity index (χ4n) is 2.54. The SMILES string of the molecule is Cc1ccc(SCCNC(=O)c2ccc(NC(=O)c3cccs3)cc2)cc1C. The highest BCUT2D eigenvalue weighted by atomic mass is 32.2. The summed E-state index contributed by atoms with van der Waals surface area (Å²) in [6, 6.07) is 16.9. The van der Waals surface area contributed by atoms with Gasteiger partial charge < -0.3 is 10.6 Å². The molecule has 0 bridgehead atoms. The highest BCUT2D eigenvalue weighted by molar-refractivity contribution is 7.99. The summed E-state index contributed by atoms with van der Waals surface area (Å²) in [6.45, 7) is 4.80. The Hall–Kier alpha value is -2.57. The minimum Gasteiger partial charge on any atom is -0.351 e. The lowest BCUT2D eigenvalue weighted by Gasteiger charge is -2.08. The summed E-state index contributed by atoms with van der Waals surface area (Å²) in [7, 11) is 0. The molecule has 0 unspecified atom stereocenters. The second kappa shape index (κ2) is 9.57. The third-order valence-corrected chi connectivity index (χ3v) is 6.15. The summed E-state index contributed by atoms with van der Waals surface area (Å²) in [6.07, 6.45) is 0. The molecule has 1 aromatic heterocycles. The highest BCUT2D eigenvalue weighted by Gasteiger charge is 2.08. The number of nitrogens with one attached hydrogen (secondary N) is 2. The Morgan fingerprint density at radius 2 is 1.75 bits per heavy atom. The van der Waals surface area contributed by atoms with Crippen LogP contribution in [0, 0.1) is 13.8 Å². The fraction of sp³-hybridized carbons (Fsp3) is 0.182. The van der Waals surface area contributed by atoms with Gasteiger partial charge in [-0.25, -0.2) is 0 Å². The third kappa shape index (κ3) is 5.47. The predicted octanol–water partition coefficient (Wildman–Crippen LogP) is 5.14. The summed E-state index contributed by atoms with van der Waals surface area (Å²) < 4.78 is 0. The molecule has 3 rings (SSSR count). The number of thioether (sulfide) groups is 1. The number of amides is 2. The molecule has 0 aliphatic carbocycles. The number of aryl methyl sites for hydroxylation is 2. The van der Waals surface area contributed by atoms with Crippen LogP contribution >= 0.6 is 23.1 Å². The molecule has 0 fully saturated rings.